The highest BCUT2D eigenvalue weighted by atomic mass is 16.5. The van der Waals surface area contributed by atoms with Crippen LogP contribution in [-0.2, 0) is 5.41 Å². The molecule has 0 fully saturated rings. The second-order valence-corrected chi connectivity index (χ2v) is 7.30. The SMILES string of the molecule is CC(C)=COc1ccc(C(C)(C)c2ccc(OC=C(C)C)cc2)cc1. The van der Waals surface area contributed by atoms with Gasteiger partial charge < -0.3 is 9.47 Å². The lowest BCUT2D eigenvalue weighted by Gasteiger charge is -2.26. The zero-order valence-electron chi connectivity index (χ0n) is 16.1. The second kappa shape index (κ2) is 8.06. The third kappa shape index (κ3) is 5.25. The monoisotopic (exact) mass is 336 g/mol. The van der Waals surface area contributed by atoms with Gasteiger partial charge in [-0.05, 0) is 74.2 Å². The van der Waals surface area contributed by atoms with E-state index in [-0.39, 0.29) is 5.41 Å². The summed E-state index contributed by atoms with van der Waals surface area (Å²) in [4.78, 5) is 0. The zero-order chi connectivity index (χ0) is 18.4. The summed E-state index contributed by atoms with van der Waals surface area (Å²) >= 11 is 0. The number of hydrogen-bond donors (Lipinski definition) is 0. The van der Waals surface area contributed by atoms with Crippen LogP contribution >= 0.6 is 0 Å². The Hall–Kier alpha value is -2.48. The molecule has 0 unspecified atom stereocenters. The van der Waals surface area contributed by atoms with Gasteiger partial charge in [-0.1, -0.05) is 38.1 Å². The van der Waals surface area contributed by atoms with E-state index in [4.69, 9.17) is 9.47 Å². The van der Waals surface area contributed by atoms with E-state index in [0.717, 1.165) is 22.6 Å². The van der Waals surface area contributed by atoms with Crippen LogP contribution < -0.4 is 9.47 Å². The van der Waals surface area contributed by atoms with E-state index in [2.05, 4.69) is 38.1 Å². The Labute approximate surface area is 151 Å². The van der Waals surface area contributed by atoms with Crippen LogP contribution in [0.2, 0.25) is 0 Å². The lowest BCUT2D eigenvalue weighted by Crippen LogP contribution is -2.18. The van der Waals surface area contributed by atoms with Crippen LogP contribution in [0.15, 0.2) is 72.2 Å². The fraction of sp³-hybridized carbons (Fsp3) is 0.304. The van der Waals surface area contributed by atoms with Crippen LogP contribution in [0, 0.1) is 0 Å². The molecule has 2 rings (SSSR count). The molecule has 0 spiro atoms. The average Bonchev–Trinajstić information content (AvgIpc) is 2.59. The van der Waals surface area contributed by atoms with Crippen molar-refractivity contribution in [2.45, 2.75) is 47.0 Å². The Morgan fingerprint density at radius 1 is 0.640 bits per heavy atom. The summed E-state index contributed by atoms with van der Waals surface area (Å²) in [5.74, 6) is 1.71. The molecule has 0 radical (unpaired) electrons. The summed E-state index contributed by atoms with van der Waals surface area (Å²) in [5.41, 5.74) is 4.68. The first-order chi connectivity index (χ1) is 11.8. The number of ether oxygens (including phenoxy) is 2. The van der Waals surface area contributed by atoms with Gasteiger partial charge in [0.15, 0.2) is 0 Å². The maximum absolute atomic E-state index is 5.62. The molecule has 0 aliphatic rings. The van der Waals surface area contributed by atoms with Crippen molar-refractivity contribution in [3.8, 4) is 11.5 Å². The summed E-state index contributed by atoms with van der Waals surface area (Å²) in [5, 5.41) is 0. The highest BCUT2D eigenvalue weighted by molar-refractivity contribution is 5.42. The van der Waals surface area contributed by atoms with Gasteiger partial charge in [-0.25, -0.2) is 0 Å². The van der Waals surface area contributed by atoms with E-state index in [0.29, 0.717) is 0 Å². The van der Waals surface area contributed by atoms with Crippen LogP contribution in [0.3, 0.4) is 0 Å². The lowest BCUT2D eigenvalue weighted by molar-refractivity contribution is 0.474. The summed E-state index contributed by atoms with van der Waals surface area (Å²) in [6.07, 6.45) is 3.54. The summed E-state index contributed by atoms with van der Waals surface area (Å²) in [7, 11) is 0. The first-order valence-electron chi connectivity index (χ1n) is 8.60. The standard InChI is InChI=1S/C23H28O2/c1-17(2)15-24-21-11-7-19(8-12-21)23(5,6)20-9-13-22(14-10-20)25-16-18(3)4/h7-16H,1-6H3. The number of benzene rings is 2. The number of allylic oxidation sites excluding steroid dienone is 2. The Bertz CT molecular complexity index is 674. The molecule has 0 atom stereocenters. The highest BCUT2D eigenvalue weighted by Crippen LogP contribution is 2.33. The van der Waals surface area contributed by atoms with Crippen LogP contribution in [0.25, 0.3) is 0 Å². The van der Waals surface area contributed by atoms with E-state index in [1.165, 1.54) is 11.1 Å². The van der Waals surface area contributed by atoms with Gasteiger partial charge in [0.2, 0.25) is 0 Å². The molecule has 0 saturated heterocycles. The third-order valence-corrected chi connectivity index (χ3v) is 4.01. The molecule has 2 aromatic carbocycles. The molecule has 0 aliphatic carbocycles. The zero-order valence-corrected chi connectivity index (χ0v) is 16.1. The van der Waals surface area contributed by atoms with Gasteiger partial charge >= 0.3 is 0 Å². The minimum absolute atomic E-state index is 0.0932. The molecular weight excluding hydrogens is 308 g/mol. The van der Waals surface area contributed by atoms with Gasteiger partial charge in [0.05, 0.1) is 12.5 Å². The molecule has 0 aliphatic heterocycles. The highest BCUT2D eigenvalue weighted by Gasteiger charge is 2.23. The number of rotatable bonds is 6. The molecule has 132 valence electrons. The molecule has 0 aromatic heterocycles. The van der Waals surface area contributed by atoms with E-state index < -0.39 is 0 Å². The van der Waals surface area contributed by atoms with Crippen molar-refractivity contribution in [2.75, 3.05) is 0 Å². The predicted molar refractivity (Wildman–Crippen MR) is 105 cm³/mol. The van der Waals surface area contributed by atoms with Crippen molar-refractivity contribution in [2.24, 2.45) is 0 Å². The van der Waals surface area contributed by atoms with E-state index >= 15 is 0 Å². The van der Waals surface area contributed by atoms with Gasteiger partial charge in [0.25, 0.3) is 0 Å². The lowest BCUT2D eigenvalue weighted by atomic mass is 9.78. The Morgan fingerprint density at radius 3 is 1.24 bits per heavy atom. The molecule has 0 N–H and O–H groups in total. The maximum Gasteiger partial charge on any atom is 0.126 e. The van der Waals surface area contributed by atoms with Crippen LogP contribution in [-0.4, -0.2) is 0 Å². The predicted octanol–water partition coefficient (Wildman–Crippen LogP) is 6.62. The molecule has 0 amide bonds. The Kier molecular flexibility index (Phi) is 6.08. The minimum Gasteiger partial charge on any atom is -0.465 e. The van der Waals surface area contributed by atoms with E-state index in [1.807, 2.05) is 52.0 Å². The quantitative estimate of drug-likeness (QED) is 0.552. The normalized spacial score (nSPS) is 10.8. The molecule has 0 saturated carbocycles. The summed E-state index contributed by atoms with van der Waals surface area (Å²) in [6, 6.07) is 16.6. The van der Waals surface area contributed by atoms with Crippen LogP contribution in [0.5, 0.6) is 11.5 Å². The van der Waals surface area contributed by atoms with Crippen molar-refractivity contribution in [3.05, 3.63) is 83.3 Å². The van der Waals surface area contributed by atoms with Gasteiger partial charge in [-0.2, -0.15) is 0 Å². The molecule has 0 heterocycles. The van der Waals surface area contributed by atoms with Gasteiger partial charge in [0.1, 0.15) is 11.5 Å². The van der Waals surface area contributed by atoms with Gasteiger partial charge in [0, 0.05) is 5.41 Å². The van der Waals surface area contributed by atoms with Crippen molar-refractivity contribution in [1.82, 2.24) is 0 Å². The second-order valence-electron chi connectivity index (χ2n) is 7.30. The third-order valence-electron chi connectivity index (χ3n) is 4.01. The van der Waals surface area contributed by atoms with Crippen molar-refractivity contribution < 1.29 is 9.47 Å². The molecule has 25 heavy (non-hydrogen) atoms. The van der Waals surface area contributed by atoms with E-state index in [1.54, 1.807) is 12.5 Å². The fourth-order valence-corrected chi connectivity index (χ4v) is 2.44. The molecule has 2 heteroatoms. The summed E-state index contributed by atoms with van der Waals surface area (Å²) < 4.78 is 11.2. The smallest absolute Gasteiger partial charge is 0.126 e. The van der Waals surface area contributed by atoms with E-state index in [9.17, 15) is 0 Å². The molecular formula is C23H28O2. The van der Waals surface area contributed by atoms with Crippen LogP contribution in [0.4, 0.5) is 0 Å². The Morgan fingerprint density at radius 2 is 0.960 bits per heavy atom. The van der Waals surface area contributed by atoms with Crippen molar-refractivity contribution >= 4 is 0 Å². The van der Waals surface area contributed by atoms with Crippen molar-refractivity contribution in [1.29, 1.82) is 0 Å². The minimum atomic E-state index is -0.0932. The first kappa shape index (κ1) is 18.9. The molecule has 0 bridgehead atoms. The average molecular weight is 336 g/mol. The summed E-state index contributed by atoms with van der Waals surface area (Å²) in [6.45, 7) is 12.5. The number of hydrogen-bond acceptors (Lipinski definition) is 2. The first-order valence-corrected chi connectivity index (χ1v) is 8.60. The van der Waals surface area contributed by atoms with Crippen molar-refractivity contribution in [3.63, 3.8) is 0 Å². The topological polar surface area (TPSA) is 18.5 Å². The fourth-order valence-electron chi connectivity index (χ4n) is 2.44. The van der Waals surface area contributed by atoms with Gasteiger partial charge in [-0.15, -0.1) is 0 Å². The largest absolute Gasteiger partial charge is 0.465 e. The van der Waals surface area contributed by atoms with Gasteiger partial charge in [-0.3, -0.25) is 0 Å². The molecule has 2 nitrogen and oxygen atoms in total. The van der Waals surface area contributed by atoms with Crippen LogP contribution in [0.1, 0.15) is 52.7 Å². The molecule has 2 aromatic rings. The maximum atomic E-state index is 5.62. The Balaban J connectivity index is 2.17.